The number of hydrogen-bond donors (Lipinski definition) is 3. The largest absolute Gasteiger partial charge is 0.496 e. The molecule has 19 nitrogen and oxygen atoms in total. The maximum atomic E-state index is 6.77. The number of ether oxygens (including phenoxy) is 4. The SMILES string of the molecule is CCOc1c(C(C)c2nc(Br)c3c(N)nccn23)cc(Cl)c(C)c1-c1ccc(C)nc1.COc1c(C(C)c2nc(Br)c3c(N)nccn23)cc(Cl)c(C)c1-c1ccc(Cl)cc1.COc1c(C(C)c2nc(Br)c3c(N)nccn23)cc(Cl)c(C)c1-c1ccc(N2CCOCC2)nc1. The molecule has 1 aliphatic rings. The van der Waals surface area contributed by atoms with Gasteiger partial charge in [-0.2, -0.15) is 0 Å². The van der Waals surface area contributed by atoms with Crippen molar-refractivity contribution in [2.45, 2.75) is 73.1 Å². The Bertz CT molecular complexity index is 4880. The first kappa shape index (κ1) is 69.5. The summed E-state index contributed by atoms with van der Waals surface area (Å²) in [7, 11) is 3.35. The molecule has 26 heteroatoms. The van der Waals surface area contributed by atoms with Crippen molar-refractivity contribution in [2.24, 2.45) is 0 Å². The molecule has 9 heterocycles. The molecule has 8 aromatic heterocycles. The van der Waals surface area contributed by atoms with Crippen LogP contribution in [0, 0.1) is 27.7 Å². The van der Waals surface area contributed by atoms with E-state index in [1.165, 1.54) is 0 Å². The number of aromatic nitrogens is 11. The molecule has 3 atom stereocenters. The zero-order valence-corrected chi connectivity index (χ0v) is 61.9. The Morgan fingerprint density at radius 3 is 1.26 bits per heavy atom. The van der Waals surface area contributed by atoms with Crippen LogP contribution < -0.4 is 36.3 Å². The number of benzene rings is 4. The highest BCUT2D eigenvalue weighted by Crippen LogP contribution is 2.48. The van der Waals surface area contributed by atoms with Crippen molar-refractivity contribution in [1.29, 1.82) is 0 Å². The maximum absolute atomic E-state index is 6.77. The van der Waals surface area contributed by atoms with Crippen LogP contribution in [0.25, 0.3) is 49.9 Å². The molecular formula is C70H68Br3Cl4N15O4. The third-order valence-electron chi connectivity index (χ3n) is 17.2. The molecule has 0 radical (unpaired) electrons. The molecule has 0 bridgehead atoms. The number of nitrogen functional groups attached to an aromatic ring is 3. The summed E-state index contributed by atoms with van der Waals surface area (Å²) in [4.78, 5) is 38.2. The molecule has 1 aliphatic heterocycles. The fourth-order valence-corrected chi connectivity index (χ4v) is 14.7. The van der Waals surface area contributed by atoms with Gasteiger partial charge in [-0.25, -0.2) is 34.9 Å². The topological polar surface area (TPSA) is 235 Å². The van der Waals surface area contributed by atoms with Gasteiger partial charge in [-0.05, 0) is 153 Å². The number of nitrogens with two attached hydrogens (primary N) is 3. The number of methoxy groups -OCH3 is 2. The van der Waals surface area contributed by atoms with Crippen molar-refractivity contribution in [3.8, 4) is 50.6 Å². The molecule has 6 N–H and O–H groups in total. The van der Waals surface area contributed by atoms with E-state index in [-0.39, 0.29) is 17.8 Å². The van der Waals surface area contributed by atoms with Crippen LogP contribution in [0.5, 0.6) is 17.2 Å². The normalized spacial score (nSPS) is 13.3. The lowest BCUT2D eigenvalue weighted by atomic mass is 9.91. The van der Waals surface area contributed by atoms with Crippen LogP contribution in [0.15, 0.2) is 130 Å². The molecule has 3 unspecified atom stereocenters. The van der Waals surface area contributed by atoms with Gasteiger partial charge in [-0.1, -0.05) is 85.4 Å². The van der Waals surface area contributed by atoms with Crippen molar-refractivity contribution < 1.29 is 18.9 Å². The minimum Gasteiger partial charge on any atom is -0.496 e. The van der Waals surface area contributed by atoms with Gasteiger partial charge in [-0.3, -0.25) is 18.2 Å². The van der Waals surface area contributed by atoms with Crippen LogP contribution in [0.2, 0.25) is 20.1 Å². The summed E-state index contributed by atoms with van der Waals surface area (Å²) in [5, 5.41) is 2.65. The number of nitrogens with zero attached hydrogens (tertiary/aromatic N) is 12. The van der Waals surface area contributed by atoms with E-state index in [0.29, 0.717) is 71.2 Å². The second-order valence-electron chi connectivity index (χ2n) is 22.9. The summed E-state index contributed by atoms with van der Waals surface area (Å²) in [6, 6.07) is 21.7. The average Bonchev–Trinajstić information content (AvgIpc) is 1.44. The van der Waals surface area contributed by atoms with Crippen LogP contribution in [-0.2, 0) is 4.74 Å². The lowest BCUT2D eigenvalue weighted by Crippen LogP contribution is -2.36. The molecule has 0 saturated carbocycles. The fraction of sp³-hybridized carbons (Fsp3) is 0.257. The van der Waals surface area contributed by atoms with Crippen LogP contribution in [0.3, 0.4) is 0 Å². The summed E-state index contributed by atoms with van der Waals surface area (Å²) in [5.41, 5.74) is 32.7. The van der Waals surface area contributed by atoms with Crippen LogP contribution in [-0.4, -0.2) is 100 Å². The van der Waals surface area contributed by atoms with Crippen molar-refractivity contribution in [2.75, 3.05) is 69.2 Å². The van der Waals surface area contributed by atoms with Crippen molar-refractivity contribution in [3.63, 3.8) is 0 Å². The molecular weight excluding hydrogens is 1500 g/mol. The van der Waals surface area contributed by atoms with Gasteiger partial charge in [0.2, 0.25) is 0 Å². The number of hydrogen-bond acceptors (Lipinski definition) is 16. The summed E-state index contributed by atoms with van der Waals surface area (Å²) in [6.07, 6.45) is 14.3. The fourth-order valence-electron chi connectivity index (χ4n) is 12.2. The lowest BCUT2D eigenvalue weighted by molar-refractivity contribution is 0.122. The standard InChI is InChI=1S/C25H26BrClN6O2.C23H23BrClN5O.C22H19BrCl2N4O/c1-14(25-31-23(26)21-24(28)29-6-7-33(21)25)17-12-18(27)15(2)20(22(17)34-3)16-4-5-19(30-13-16)32-8-10-35-11-9-32;1-5-31-20-16(10-17(25)14(4)18(20)15-7-6-12(2)28-11-15)13(3)23-29-21(24)19-22(26)27-8-9-30(19)23;1-11(22-28-20(23)18-21(26)27-8-9-29(18)22)15-10-16(25)12(2)17(19(15)30-3)13-4-6-14(24)7-5-13/h4-7,12-14H,8-11H2,1-3H3,(H2,28,29);6-11,13H,5H2,1-4H3,(H2,26,27);4-11H,1-3H3,(H2,26,27). The molecule has 0 aliphatic carbocycles. The molecule has 13 rings (SSSR count). The molecule has 0 amide bonds. The Hall–Kier alpha value is -7.80. The molecule has 4 aromatic carbocycles. The molecule has 1 fully saturated rings. The number of anilines is 4. The number of fused-ring (bicyclic) bond motifs is 3. The summed E-state index contributed by atoms with van der Waals surface area (Å²) < 4.78 is 31.3. The van der Waals surface area contributed by atoms with Crippen LogP contribution in [0.1, 0.15) is 102 Å². The second-order valence-corrected chi connectivity index (χ2v) is 26.8. The summed E-state index contributed by atoms with van der Waals surface area (Å²) in [6.45, 7) is 19.8. The van der Waals surface area contributed by atoms with E-state index in [2.05, 4.69) is 99.5 Å². The number of imidazole rings is 3. The summed E-state index contributed by atoms with van der Waals surface area (Å²) >= 11 is 36.8. The van der Waals surface area contributed by atoms with Gasteiger partial charge in [0, 0.05) is 151 Å². The van der Waals surface area contributed by atoms with Crippen molar-refractivity contribution >= 4 is 134 Å². The highest BCUT2D eigenvalue weighted by molar-refractivity contribution is 9.11. The molecule has 496 valence electrons. The lowest BCUT2D eigenvalue weighted by Gasteiger charge is -2.28. The highest BCUT2D eigenvalue weighted by atomic mass is 79.9. The van der Waals surface area contributed by atoms with Gasteiger partial charge in [0.25, 0.3) is 0 Å². The van der Waals surface area contributed by atoms with Gasteiger partial charge in [0.1, 0.15) is 70.9 Å². The zero-order chi connectivity index (χ0) is 68.5. The third-order valence-corrected chi connectivity index (χ3v) is 20.3. The predicted molar refractivity (Wildman–Crippen MR) is 395 cm³/mol. The smallest absolute Gasteiger partial charge is 0.150 e. The minimum atomic E-state index is -0.150. The van der Waals surface area contributed by atoms with E-state index in [0.717, 1.165) is 143 Å². The van der Waals surface area contributed by atoms with Crippen molar-refractivity contribution in [3.05, 3.63) is 207 Å². The molecule has 0 spiro atoms. The number of rotatable bonds is 14. The Balaban J connectivity index is 0.000000147. The first-order valence-electron chi connectivity index (χ1n) is 30.6. The number of halogens is 7. The summed E-state index contributed by atoms with van der Waals surface area (Å²) in [5.74, 6) is 6.45. The van der Waals surface area contributed by atoms with E-state index < -0.39 is 0 Å². The molecule has 96 heavy (non-hydrogen) atoms. The second kappa shape index (κ2) is 29.5. The van der Waals surface area contributed by atoms with Gasteiger partial charge >= 0.3 is 0 Å². The monoisotopic (exact) mass is 1560 g/mol. The van der Waals surface area contributed by atoms with Gasteiger partial charge < -0.3 is 41.0 Å². The van der Waals surface area contributed by atoms with E-state index in [4.69, 9.17) is 102 Å². The van der Waals surface area contributed by atoms with Gasteiger partial charge in [0.05, 0.1) is 34.0 Å². The Morgan fingerprint density at radius 2 is 0.885 bits per heavy atom. The van der Waals surface area contributed by atoms with E-state index in [9.17, 15) is 0 Å². The van der Waals surface area contributed by atoms with E-state index >= 15 is 0 Å². The van der Waals surface area contributed by atoms with Crippen LogP contribution >= 0.6 is 94.2 Å². The van der Waals surface area contributed by atoms with E-state index in [1.54, 1.807) is 32.8 Å². The first-order valence-corrected chi connectivity index (χ1v) is 34.5. The first-order chi connectivity index (χ1) is 46.1. The van der Waals surface area contributed by atoms with Gasteiger partial charge in [0.15, 0.2) is 17.5 Å². The number of pyridine rings is 2. The van der Waals surface area contributed by atoms with Gasteiger partial charge in [-0.15, -0.1) is 0 Å². The highest BCUT2D eigenvalue weighted by Gasteiger charge is 2.30. The Morgan fingerprint density at radius 1 is 0.510 bits per heavy atom. The third kappa shape index (κ3) is 13.5. The Labute approximate surface area is 601 Å². The molecule has 1 saturated heterocycles. The quantitative estimate of drug-likeness (QED) is 0.0918. The van der Waals surface area contributed by atoms with Crippen LogP contribution in [0.4, 0.5) is 23.3 Å². The number of aryl methyl sites for hydroxylation is 1. The molecule has 12 aromatic rings. The Kier molecular flexibility index (Phi) is 21.4. The zero-order valence-electron chi connectivity index (χ0n) is 54.1. The maximum Gasteiger partial charge on any atom is 0.150 e. The number of morpholine rings is 1. The minimum absolute atomic E-state index is 0.127. The van der Waals surface area contributed by atoms with Crippen molar-refractivity contribution in [1.82, 2.24) is 53.1 Å². The van der Waals surface area contributed by atoms with E-state index in [1.807, 2.05) is 139 Å². The average molecular weight is 1560 g/mol. The predicted octanol–water partition coefficient (Wildman–Crippen LogP) is 17.6.